The van der Waals surface area contributed by atoms with Crippen molar-refractivity contribution in [2.75, 3.05) is 13.1 Å². The van der Waals surface area contributed by atoms with Crippen LogP contribution in [-0.4, -0.2) is 45.2 Å². The van der Waals surface area contributed by atoms with Crippen LogP contribution in [0.3, 0.4) is 0 Å². The number of carbonyl (C=O) groups excluding carboxylic acids is 1. The minimum Gasteiger partial charge on any atom is -0.337 e. The van der Waals surface area contributed by atoms with E-state index in [0.717, 1.165) is 41.1 Å². The maximum atomic E-state index is 12.8. The third-order valence-corrected chi connectivity index (χ3v) is 7.33. The quantitative estimate of drug-likeness (QED) is 0.813. The zero-order valence-electron chi connectivity index (χ0n) is 15.5. The number of nitrogens with two attached hydrogens (primary N) is 1. The van der Waals surface area contributed by atoms with Gasteiger partial charge in [-0.2, -0.15) is 0 Å². The first kappa shape index (κ1) is 19.4. The molecule has 1 aliphatic rings. The van der Waals surface area contributed by atoms with Crippen LogP contribution in [0.1, 0.15) is 42.5 Å². The van der Waals surface area contributed by atoms with Crippen molar-refractivity contribution in [3.8, 4) is 0 Å². The number of rotatable bonds is 5. The average molecular weight is 395 g/mol. The zero-order valence-corrected chi connectivity index (χ0v) is 17.1. The van der Waals surface area contributed by atoms with Crippen LogP contribution in [0.2, 0.25) is 0 Å². The van der Waals surface area contributed by atoms with Gasteiger partial charge in [0.15, 0.2) is 0 Å². The summed E-state index contributed by atoms with van der Waals surface area (Å²) in [5.74, 6) is 1.27. The lowest BCUT2D eigenvalue weighted by molar-refractivity contribution is -0.133. The van der Waals surface area contributed by atoms with Gasteiger partial charge in [-0.05, 0) is 45.6 Å². The first-order valence-corrected chi connectivity index (χ1v) is 10.9. The Kier molecular flexibility index (Phi) is 6.04. The number of carbonyl (C=O) groups is 1. The van der Waals surface area contributed by atoms with Crippen LogP contribution >= 0.6 is 23.1 Å². The molecule has 0 aliphatic carbocycles. The van der Waals surface area contributed by atoms with Gasteiger partial charge in [0.2, 0.25) is 5.91 Å². The van der Waals surface area contributed by atoms with Crippen LogP contribution < -0.4 is 11.3 Å². The Bertz CT molecular complexity index is 861. The van der Waals surface area contributed by atoms with E-state index in [2.05, 4.69) is 9.97 Å². The van der Waals surface area contributed by atoms with E-state index in [1.54, 1.807) is 11.3 Å². The highest BCUT2D eigenvalue weighted by molar-refractivity contribution is 7.99. The average Bonchev–Trinajstić information content (AvgIpc) is 2.93. The molecule has 0 radical (unpaired) electrons. The van der Waals surface area contributed by atoms with Crippen molar-refractivity contribution in [2.24, 2.45) is 5.73 Å². The molecule has 2 aromatic rings. The fourth-order valence-corrected chi connectivity index (χ4v) is 5.28. The summed E-state index contributed by atoms with van der Waals surface area (Å²) in [5.41, 5.74) is 6.74. The molecular weight excluding hydrogens is 368 g/mol. The molecule has 1 amide bonds. The highest BCUT2D eigenvalue weighted by Crippen LogP contribution is 2.27. The maximum Gasteiger partial charge on any atom is 0.259 e. The molecule has 0 saturated carbocycles. The molecule has 1 fully saturated rings. The van der Waals surface area contributed by atoms with Gasteiger partial charge in [0, 0.05) is 24.0 Å². The first-order chi connectivity index (χ1) is 12.4. The molecule has 0 bridgehead atoms. The van der Waals surface area contributed by atoms with Gasteiger partial charge < -0.3 is 15.6 Å². The van der Waals surface area contributed by atoms with E-state index < -0.39 is 0 Å². The second kappa shape index (κ2) is 8.10. The minimum atomic E-state index is -0.185. The number of nitrogens with one attached hydrogen (secondary N) is 1. The molecule has 26 heavy (non-hydrogen) atoms. The van der Waals surface area contributed by atoms with Crippen LogP contribution in [0.25, 0.3) is 10.2 Å². The van der Waals surface area contributed by atoms with Crippen LogP contribution in [0.15, 0.2) is 4.79 Å². The van der Waals surface area contributed by atoms with E-state index in [9.17, 15) is 9.59 Å². The number of piperidine rings is 1. The summed E-state index contributed by atoms with van der Waals surface area (Å²) in [6.07, 6.45) is 3.17. The molecule has 3 rings (SSSR count). The van der Waals surface area contributed by atoms with Crippen LogP contribution in [0, 0.1) is 13.8 Å². The molecule has 1 aliphatic heterocycles. The molecule has 6 nitrogen and oxygen atoms in total. The largest absolute Gasteiger partial charge is 0.337 e. The SMILES string of the molecule is Cc1sc2nc(CSC(C)C(=O)N3CCCCC3CN)[nH]c(=O)c2c1C. The third-order valence-electron chi connectivity index (χ3n) is 5.09. The number of hydrogen-bond acceptors (Lipinski definition) is 6. The fourth-order valence-electron chi connectivity index (χ4n) is 3.41. The minimum absolute atomic E-state index is 0.0920. The third kappa shape index (κ3) is 3.82. The number of aromatic nitrogens is 2. The van der Waals surface area contributed by atoms with Gasteiger partial charge in [-0.15, -0.1) is 23.1 Å². The molecule has 2 unspecified atom stereocenters. The van der Waals surface area contributed by atoms with E-state index in [0.29, 0.717) is 23.5 Å². The lowest BCUT2D eigenvalue weighted by Crippen LogP contribution is -2.49. The molecule has 2 atom stereocenters. The second-order valence-electron chi connectivity index (χ2n) is 6.85. The molecule has 3 heterocycles. The fraction of sp³-hybridized carbons (Fsp3) is 0.611. The topological polar surface area (TPSA) is 92.1 Å². The Balaban J connectivity index is 1.69. The highest BCUT2D eigenvalue weighted by atomic mass is 32.2. The maximum absolute atomic E-state index is 12.8. The van der Waals surface area contributed by atoms with E-state index in [-0.39, 0.29) is 22.8 Å². The van der Waals surface area contributed by atoms with E-state index in [1.807, 2.05) is 25.7 Å². The van der Waals surface area contributed by atoms with Gasteiger partial charge in [0.1, 0.15) is 10.7 Å². The Hall–Kier alpha value is -1.38. The monoisotopic (exact) mass is 394 g/mol. The Morgan fingerprint density at radius 1 is 1.46 bits per heavy atom. The van der Waals surface area contributed by atoms with Gasteiger partial charge in [0.05, 0.1) is 16.4 Å². The van der Waals surface area contributed by atoms with Crippen LogP contribution in [-0.2, 0) is 10.5 Å². The van der Waals surface area contributed by atoms with Gasteiger partial charge >= 0.3 is 0 Å². The number of H-pyrrole nitrogens is 1. The summed E-state index contributed by atoms with van der Waals surface area (Å²) in [7, 11) is 0. The van der Waals surface area contributed by atoms with Crippen molar-refractivity contribution in [1.29, 1.82) is 0 Å². The van der Waals surface area contributed by atoms with Gasteiger partial charge in [-0.1, -0.05) is 0 Å². The molecule has 2 aromatic heterocycles. The standard InChI is InChI=1S/C18H26N4O2S2/c1-10-11(2)26-17-15(10)16(23)20-14(21-17)9-25-12(3)18(24)22-7-5-4-6-13(22)8-19/h12-13H,4-9,19H2,1-3H3,(H,20,21,23). The lowest BCUT2D eigenvalue weighted by atomic mass is 10.0. The lowest BCUT2D eigenvalue weighted by Gasteiger charge is -2.36. The zero-order chi connectivity index (χ0) is 18.8. The number of aryl methyl sites for hydroxylation is 2. The number of amides is 1. The van der Waals surface area contributed by atoms with Crippen molar-refractivity contribution >= 4 is 39.2 Å². The first-order valence-electron chi connectivity index (χ1n) is 9.03. The molecule has 0 spiro atoms. The molecule has 3 N–H and O–H groups in total. The van der Waals surface area contributed by atoms with Crippen molar-refractivity contribution in [3.63, 3.8) is 0 Å². The number of aromatic amines is 1. The van der Waals surface area contributed by atoms with E-state index in [4.69, 9.17) is 5.73 Å². The number of thioether (sulfide) groups is 1. The Morgan fingerprint density at radius 2 is 2.23 bits per heavy atom. The summed E-state index contributed by atoms with van der Waals surface area (Å²) in [6.45, 7) is 7.19. The van der Waals surface area contributed by atoms with Gasteiger partial charge in [0.25, 0.3) is 5.56 Å². The Labute approximate surface area is 161 Å². The second-order valence-corrected chi connectivity index (χ2v) is 9.38. The number of nitrogens with zero attached hydrogens (tertiary/aromatic N) is 2. The van der Waals surface area contributed by atoms with Crippen molar-refractivity contribution in [1.82, 2.24) is 14.9 Å². The normalized spacial score (nSPS) is 19.1. The summed E-state index contributed by atoms with van der Waals surface area (Å²) in [5, 5.41) is 0.499. The van der Waals surface area contributed by atoms with Crippen molar-refractivity contribution < 1.29 is 4.79 Å². The predicted octanol–water partition coefficient (Wildman–Crippen LogP) is 2.56. The van der Waals surface area contributed by atoms with Crippen LogP contribution in [0.4, 0.5) is 0 Å². The summed E-state index contributed by atoms with van der Waals surface area (Å²) < 4.78 is 0. The number of hydrogen-bond donors (Lipinski definition) is 2. The summed E-state index contributed by atoms with van der Waals surface area (Å²) in [6, 6.07) is 0.158. The molecular formula is C18H26N4O2S2. The summed E-state index contributed by atoms with van der Waals surface area (Å²) in [4.78, 5) is 36.4. The smallest absolute Gasteiger partial charge is 0.259 e. The van der Waals surface area contributed by atoms with Gasteiger partial charge in [-0.25, -0.2) is 4.98 Å². The van der Waals surface area contributed by atoms with E-state index >= 15 is 0 Å². The van der Waals surface area contributed by atoms with E-state index in [1.165, 1.54) is 11.8 Å². The molecule has 142 valence electrons. The molecule has 0 aromatic carbocycles. The van der Waals surface area contributed by atoms with Gasteiger partial charge in [-0.3, -0.25) is 9.59 Å². The predicted molar refractivity (Wildman–Crippen MR) is 109 cm³/mol. The number of fused-ring (bicyclic) bond motifs is 1. The highest BCUT2D eigenvalue weighted by Gasteiger charge is 2.29. The molecule has 1 saturated heterocycles. The Morgan fingerprint density at radius 3 is 2.96 bits per heavy atom. The summed E-state index contributed by atoms with van der Waals surface area (Å²) >= 11 is 3.06. The van der Waals surface area contributed by atoms with Crippen molar-refractivity contribution in [2.45, 2.75) is 57.1 Å². The number of likely N-dealkylation sites (tertiary alicyclic amines) is 1. The number of thiophene rings is 1. The van der Waals surface area contributed by atoms with Crippen LogP contribution in [0.5, 0.6) is 0 Å². The molecule has 8 heteroatoms. The van der Waals surface area contributed by atoms with Crippen molar-refractivity contribution in [3.05, 3.63) is 26.6 Å².